The molecule has 0 atom stereocenters. The summed E-state index contributed by atoms with van der Waals surface area (Å²) in [5, 5.41) is 0. The number of thioether (sulfide) groups is 1. The highest BCUT2D eigenvalue weighted by Crippen LogP contribution is 2.32. The summed E-state index contributed by atoms with van der Waals surface area (Å²) in [7, 11) is 0. The standard InChI is InChI=1S/C11H15NO2S/c12-4-6-15-5-3-9-1-2-10-11(7-9)14-8-13-10/h1-2,7H,3-6,8,12H2. The minimum absolute atomic E-state index is 0.348. The third kappa shape index (κ3) is 2.79. The van der Waals surface area contributed by atoms with Crippen LogP contribution in [0.2, 0.25) is 0 Å². The summed E-state index contributed by atoms with van der Waals surface area (Å²) in [4.78, 5) is 0. The second-order valence-corrected chi connectivity index (χ2v) is 4.56. The third-order valence-corrected chi connectivity index (χ3v) is 3.25. The van der Waals surface area contributed by atoms with Crippen LogP contribution in [0, 0.1) is 0 Å². The van der Waals surface area contributed by atoms with E-state index in [0.29, 0.717) is 6.79 Å². The number of nitrogens with two attached hydrogens (primary N) is 1. The van der Waals surface area contributed by atoms with Gasteiger partial charge in [0, 0.05) is 12.3 Å². The molecule has 0 saturated carbocycles. The van der Waals surface area contributed by atoms with Gasteiger partial charge in [-0.05, 0) is 29.9 Å². The van der Waals surface area contributed by atoms with Crippen molar-refractivity contribution in [2.75, 3.05) is 24.8 Å². The summed E-state index contributed by atoms with van der Waals surface area (Å²) in [6.45, 7) is 1.10. The van der Waals surface area contributed by atoms with Gasteiger partial charge >= 0.3 is 0 Å². The number of ether oxygens (including phenoxy) is 2. The molecule has 0 bridgehead atoms. The number of rotatable bonds is 5. The van der Waals surface area contributed by atoms with E-state index in [4.69, 9.17) is 15.2 Å². The zero-order valence-electron chi connectivity index (χ0n) is 8.57. The first kappa shape index (κ1) is 10.6. The highest BCUT2D eigenvalue weighted by molar-refractivity contribution is 7.99. The Labute approximate surface area is 93.9 Å². The molecule has 15 heavy (non-hydrogen) atoms. The second-order valence-electron chi connectivity index (χ2n) is 3.34. The predicted octanol–water partition coefficient (Wildman–Crippen LogP) is 1.65. The Kier molecular flexibility index (Phi) is 3.75. The highest BCUT2D eigenvalue weighted by Gasteiger charge is 2.12. The van der Waals surface area contributed by atoms with E-state index in [1.54, 1.807) is 0 Å². The topological polar surface area (TPSA) is 44.5 Å². The molecule has 2 N–H and O–H groups in total. The maximum absolute atomic E-state index is 5.42. The lowest BCUT2D eigenvalue weighted by molar-refractivity contribution is 0.174. The maximum atomic E-state index is 5.42. The lowest BCUT2D eigenvalue weighted by Gasteiger charge is -2.02. The van der Waals surface area contributed by atoms with Gasteiger partial charge in [-0.3, -0.25) is 0 Å². The number of fused-ring (bicyclic) bond motifs is 1. The van der Waals surface area contributed by atoms with Gasteiger partial charge in [-0.2, -0.15) is 11.8 Å². The van der Waals surface area contributed by atoms with Crippen LogP contribution in [-0.2, 0) is 6.42 Å². The minimum Gasteiger partial charge on any atom is -0.454 e. The Morgan fingerprint density at radius 2 is 2.07 bits per heavy atom. The number of hydrogen-bond donors (Lipinski definition) is 1. The molecule has 2 rings (SSSR count). The fraction of sp³-hybridized carbons (Fsp3) is 0.455. The molecule has 0 spiro atoms. The van der Waals surface area contributed by atoms with Crippen molar-refractivity contribution in [3.8, 4) is 11.5 Å². The monoisotopic (exact) mass is 225 g/mol. The highest BCUT2D eigenvalue weighted by atomic mass is 32.2. The van der Waals surface area contributed by atoms with Crippen LogP contribution in [0.15, 0.2) is 18.2 Å². The molecule has 3 nitrogen and oxygen atoms in total. The molecule has 1 aliphatic heterocycles. The predicted molar refractivity (Wildman–Crippen MR) is 62.6 cm³/mol. The molecule has 1 aliphatic rings. The molecule has 0 unspecified atom stereocenters. The maximum Gasteiger partial charge on any atom is 0.231 e. The van der Waals surface area contributed by atoms with Crippen LogP contribution >= 0.6 is 11.8 Å². The lowest BCUT2D eigenvalue weighted by Crippen LogP contribution is -2.02. The van der Waals surface area contributed by atoms with Gasteiger partial charge in [-0.15, -0.1) is 0 Å². The van der Waals surface area contributed by atoms with Crippen molar-refractivity contribution in [2.45, 2.75) is 6.42 Å². The van der Waals surface area contributed by atoms with E-state index < -0.39 is 0 Å². The first-order valence-corrected chi connectivity index (χ1v) is 6.22. The van der Waals surface area contributed by atoms with E-state index in [1.807, 2.05) is 17.8 Å². The molecule has 0 aromatic heterocycles. The zero-order chi connectivity index (χ0) is 10.5. The van der Waals surface area contributed by atoms with Gasteiger partial charge < -0.3 is 15.2 Å². The fourth-order valence-electron chi connectivity index (χ4n) is 1.47. The quantitative estimate of drug-likeness (QED) is 0.774. The summed E-state index contributed by atoms with van der Waals surface area (Å²) in [5.74, 6) is 3.87. The lowest BCUT2D eigenvalue weighted by atomic mass is 10.1. The molecule has 0 saturated heterocycles. The Morgan fingerprint density at radius 1 is 1.20 bits per heavy atom. The molecule has 1 heterocycles. The van der Waals surface area contributed by atoms with Crippen molar-refractivity contribution in [3.05, 3.63) is 23.8 Å². The molecule has 1 aromatic rings. The van der Waals surface area contributed by atoms with Crippen LogP contribution in [0.25, 0.3) is 0 Å². The summed E-state index contributed by atoms with van der Waals surface area (Å²) in [6.07, 6.45) is 1.06. The number of aryl methyl sites for hydroxylation is 1. The molecule has 0 amide bonds. The average molecular weight is 225 g/mol. The average Bonchev–Trinajstić information content (AvgIpc) is 2.71. The largest absolute Gasteiger partial charge is 0.454 e. The van der Waals surface area contributed by atoms with Gasteiger partial charge in [-0.1, -0.05) is 6.07 Å². The molecule has 0 aliphatic carbocycles. The van der Waals surface area contributed by atoms with E-state index in [0.717, 1.165) is 36.0 Å². The molecular formula is C11H15NO2S. The normalized spacial score (nSPS) is 13.1. The minimum atomic E-state index is 0.348. The van der Waals surface area contributed by atoms with Crippen LogP contribution in [0.3, 0.4) is 0 Å². The molecule has 4 heteroatoms. The Morgan fingerprint density at radius 3 is 2.93 bits per heavy atom. The zero-order valence-corrected chi connectivity index (χ0v) is 9.39. The SMILES string of the molecule is NCCSCCc1ccc2c(c1)OCO2. The van der Waals surface area contributed by atoms with Crippen molar-refractivity contribution in [1.29, 1.82) is 0 Å². The smallest absolute Gasteiger partial charge is 0.231 e. The van der Waals surface area contributed by atoms with Crippen LogP contribution in [0.4, 0.5) is 0 Å². The Hall–Kier alpha value is -0.870. The van der Waals surface area contributed by atoms with Crippen molar-refractivity contribution < 1.29 is 9.47 Å². The van der Waals surface area contributed by atoms with Crippen molar-refractivity contribution in [2.24, 2.45) is 5.73 Å². The summed E-state index contributed by atoms with van der Waals surface area (Å²) in [6, 6.07) is 6.13. The molecule has 0 fully saturated rings. The van der Waals surface area contributed by atoms with Gasteiger partial charge in [-0.25, -0.2) is 0 Å². The second kappa shape index (κ2) is 5.28. The van der Waals surface area contributed by atoms with Crippen LogP contribution < -0.4 is 15.2 Å². The molecule has 1 aromatic carbocycles. The van der Waals surface area contributed by atoms with E-state index in [1.165, 1.54) is 5.56 Å². The number of hydrogen-bond acceptors (Lipinski definition) is 4. The van der Waals surface area contributed by atoms with Gasteiger partial charge in [0.05, 0.1) is 0 Å². The summed E-state index contributed by atoms with van der Waals surface area (Å²) in [5.41, 5.74) is 6.72. The summed E-state index contributed by atoms with van der Waals surface area (Å²) >= 11 is 1.88. The van der Waals surface area contributed by atoms with Crippen molar-refractivity contribution >= 4 is 11.8 Å². The van der Waals surface area contributed by atoms with E-state index in [9.17, 15) is 0 Å². The van der Waals surface area contributed by atoms with E-state index >= 15 is 0 Å². The van der Waals surface area contributed by atoms with E-state index in [-0.39, 0.29) is 0 Å². The van der Waals surface area contributed by atoms with E-state index in [2.05, 4.69) is 12.1 Å². The van der Waals surface area contributed by atoms with Crippen molar-refractivity contribution in [3.63, 3.8) is 0 Å². The van der Waals surface area contributed by atoms with Gasteiger partial charge in [0.2, 0.25) is 6.79 Å². The Bertz CT molecular complexity index is 330. The first-order valence-electron chi connectivity index (χ1n) is 5.06. The molecular weight excluding hydrogens is 210 g/mol. The molecule has 0 radical (unpaired) electrons. The van der Waals surface area contributed by atoms with Crippen LogP contribution in [0.5, 0.6) is 11.5 Å². The third-order valence-electron chi connectivity index (χ3n) is 2.23. The van der Waals surface area contributed by atoms with Gasteiger partial charge in [0.25, 0.3) is 0 Å². The van der Waals surface area contributed by atoms with Crippen LogP contribution in [-0.4, -0.2) is 24.8 Å². The summed E-state index contributed by atoms with van der Waals surface area (Å²) < 4.78 is 10.6. The number of benzene rings is 1. The van der Waals surface area contributed by atoms with Gasteiger partial charge in [0.1, 0.15) is 0 Å². The molecule has 82 valence electrons. The van der Waals surface area contributed by atoms with Crippen molar-refractivity contribution in [1.82, 2.24) is 0 Å². The van der Waals surface area contributed by atoms with Crippen LogP contribution in [0.1, 0.15) is 5.56 Å². The fourth-order valence-corrected chi connectivity index (χ4v) is 2.22. The van der Waals surface area contributed by atoms with Gasteiger partial charge in [0.15, 0.2) is 11.5 Å². The first-order chi connectivity index (χ1) is 7.40. The Balaban J connectivity index is 1.87.